The van der Waals surface area contributed by atoms with Crippen molar-refractivity contribution in [2.45, 2.75) is 38.1 Å². The molecule has 2 aliphatic heterocycles. The molecule has 2 fully saturated rings. The van der Waals surface area contributed by atoms with E-state index in [9.17, 15) is 0 Å². The first-order valence-electron chi connectivity index (χ1n) is 8.17. The van der Waals surface area contributed by atoms with Crippen molar-refractivity contribution in [1.29, 1.82) is 0 Å². The average Bonchev–Trinajstić information content (AvgIpc) is 2.98. The monoisotopic (exact) mass is 304 g/mol. The van der Waals surface area contributed by atoms with Crippen LogP contribution in [-0.2, 0) is 0 Å². The Morgan fingerprint density at radius 1 is 1.29 bits per heavy atom. The summed E-state index contributed by atoms with van der Waals surface area (Å²) in [6.45, 7) is 8.01. The number of hydrogen-bond acceptors (Lipinski definition) is 3. The molecule has 2 nitrogen and oxygen atoms in total. The van der Waals surface area contributed by atoms with Crippen molar-refractivity contribution in [3.8, 4) is 0 Å². The van der Waals surface area contributed by atoms with Gasteiger partial charge in [-0.05, 0) is 42.0 Å². The molecule has 3 rings (SSSR count). The molecule has 0 bridgehead atoms. The summed E-state index contributed by atoms with van der Waals surface area (Å²) in [5.41, 5.74) is 8.31. The molecule has 2 heterocycles. The molecule has 0 spiro atoms. The molecule has 1 aromatic rings. The van der Waals surface area contributed by atoms with Crippen molar-refractivity contribution in [2.75, 3.05) is 31.1 Å². The van der Waals surface area contributed by atoms with Crippen LogP contribution in [0.15, 0.2) is 30.3 Å². The van der Waals surface area contributed by atoms with Crippen LogP contribution in [0, 0.1) is 5.41 Å². The van der Waals surface area contributed by atoms with E-state index in [0.717, 1.165) is 6.54 Å². The Labute approximate surface area is 133 Å². The molecule has 21 heavy (non-hydrogen) atoms. The molecule has 2 aliphatic rings. The quantitative estimate of drug-likeness (QED) is 0.928. The molecular weight excluding hydrogens is 276 g/mol. The van der Waals surface area contributed by atoms with E-state index in [-0.39, 0.29) is 5.54 Å². The molecule has 0 radical (unpaired) electrons. The molecule has 0 aliphatic carbocycles. The maximum atomic E-state index is 6.32. The zero-order chi connectivity index (χ0) is 14.9. The highest BCUT2D eigenvalue weighted by Gasteiger charge is 2.51. The summed E-state index contributed by atoms with van der Waals surface area (Å²) in [5.74, 6) is 3.15. The van der Waals surface area contributed by atoms with E-state index < -0.39 is 0 Å². The summed E-state index contributed by atoms with van der Waals surface area (Å²) in [6.07, 6.45) is 2.55. The second kappa shape index (κ2) is 5.94. The summed E-state index contributed by atoms with van der Waals surface area (Å²) < 4.78 is 0. The van der Waals surface area contributed by atoms with Gasteiger partial charge in [0, 0.05) is 24.4 Å². The normalized spacial score (nSPS) is 33.2. The van der Waals surface area contributed by atoms with Crippen LogP contribution >= 0.6 is 11.8 Å². The van der Waals surface area contributed by atoms with Crippen LogP contribution in [0.4, 0.5) is 0 Å². The minimum absolute atomic E-state index is 0.180. The van der Waals surface area contributed by atoms with E-state index in [0.29, 0.717) is 11.3 Å². The molecule has 2 unspecified atom stereocenters. The van der Waals surface area contributed by atoms with Gasteiger partial charge in [0.25, 0.3) is 0 Å². The number of hydrogen-bond donors (Lipinski definition) is 1. The van der Waals surface area contributed by atoms with E-state index in [4.69, 9.17) is 5.73 Å². The van der Waals surface area contributed by atoms with Gasteiger partial charge >= 0.3 is 0 Å². The molecule has 0 saturated carbocycles. The Morgan fingerprint density at radius 3 is 2.71 bits per heavy atom. The van der Waals surface area contributed by atoms with E-state index in [1.807, 2.05) is 0 Å². The van der Waals surface area contributed by atoms with Crippen LogP contribution in [0.2, 0.25) is 0 Å². The van der Waals surface area contributed by atoms with Crippen molar-refractivity contribution in [2.24, 2.45) is 11.1 Å². The fourth-order valence-electron chi connectivity index (χ4n) is 4.13. The zero-order valence-electron chi connectivity index (χ0n) is 13.3. The summed E-state index contributed by atoms with van der Waals surface area (Å²) in [4.78, 5) is 2.72. The number of rotatable bonds is 3. The highest BCUT2D eigenvalue weighted by Crippen LogP contribution is 2.47. The molecule has 2 atom stereocenters. The van der Waals surface area contributed by atoms with Crippen LogP contribution in [0.25, 0.3) is 0 Å². The summed E-state index contributed by atoms with van der Waals surface area (Å²) in [5, 5.41) is 0. The van der Waals surface area contributed by atoms with Crippen LogP contribution in [0.5, 0.6) is 0 Å². The predicted molar refractivity (Wildman–Crippen MR) is 92.9 cm³/mol. The predicted octanol–water partition coefficient (Wildman–Crippen LogP) is 3.34. The Kier molecular flexibility index (Phi) is 4.35. The van der Waals surface area contributed by atoms with Gasteiger partial charge in [0.2, 0.25) is 0 Å². The van der Waals surface area contributed by atoms with Gasteiger partial charge in [-0.1, -0.05) is 44.2 Å². The van der Waals surface area contributed by atoms with E-state index >= 15 is 0 Å². The summed E-state index contributed by atoms with van der Waals surface area (Å²) in [7, 11) is 0. The third-order valence-corrected chi connectivity index (χ3v) is 7.05. The first-order chi connectivity index (χ1) is 10.1. The molecule has 2 saturated heterocycles. The lowest BCUT2D eigenvalue weighted by molar-refractivity contribution is 0.0176. The lowest BCUT2D eigenvalue weighted by Crippen LogP contribution is -2.65. The van der Waals surface area contributed by atoms with Gasteiger partial charge in [0.15, 0.2) is 0 Å². The molecule has 1 aromatic carbocycles. The van der Waals surface area contributed by atoms with Gasteiger partial charge in [-0.15, -0.1) is 0 Å². The maximum absolute atomic E-state index is 6.32. The van der Waals surface area contributed by atoms with Gasteiger partial charge in [-0.25, -0.2) is 0 Å². The lowest BCUT2D eigenvalue weighted by Gasteiger charge is -2.54. The van der Waals surface area contributed by atoms with Gasteiger partial charge in [-0.2, -0.15) is 11.8 Å². The fourth-order valence-corrected chi connectivity index (χ4v) is 5.95. The van der Waals surface area contributed by atoms with Crippen LogP contribution in [0.1, 0.15) is 38.2 Å². The largest absolute Gasteiger partial charge is 0.329 e. The highest BCUT2D eigenvalue weighted by molar-refractivity contribution is 7.99. The SMILES string of the molecule is CC1(C)CCSCC1(CN)N1CCC(c2ccccc2)C1. The molecule has 0 amide bonds. The Morgan fingerprint density at radius 2 is 2.05 bits per heavy atom. The van der Waals surface area contributed by atoms with Crippen LogP contribution in [0.3, 0.4) is 0 Å². The Balaban J connectivity index is 1.80. The molecule has 2 N–H and O–H groups in total. The number of nitrogens with two attached hydrogens (primary N) is 1. The number of likely N-dealkylation sites (tertiary alicyclic amines) is 1. The van der Waals surface area contributed by atoms with Crippen LogP contribution < -0.4 is 5.73 Å². The average molecular weight is 305 g/mol. The van der Waals surface area contributed by atoms with Gasteiger partial charge < -0.3 is 5.73 Å². The van der Waals surface area contributed by atoms with Gasteiger partial charge in [0.1, 0.15) is 0 Å². The second-order valence-electron chi connectivity index (χ2n) is 7.26. The maximum Gasteiger partial charge on any atom is 0.0473 e. The number of thioether (sulfide) groups is 1. The minimum Gasteiger partial charge on any atom is -0.329 e. The molecule has 0 aromatic heterocycles. The first kappa shape index (κ1) is 15.4. The zero-order valence-corrected chi connectivity index (χ0v) is 14.2. The van der Waals surface area contributed by atoms with E-state index in [2.05, 4.69) is 60.8 Å². The van der Waals surface area contributed by atoms with E-state index in [1.54, 1.807) is 0 Å². The van der Waals surface area contributed by atoms with E-state index in [1.165, 1.54) is 43.0 Å². The number of nitrogens with zero attached hydrogens (tertiary/aromatic N) is 1. The molecule has 116 valence electrons. The first-order valence-corrected chi connectivity index (χ1v) is 9.32. The van der Waals surface area contributed by atoms with Crippen molar-refractivity contribution < 1.29 is 0 Å². The standard InChI is InChI=1S/C18H28N2S/c1-17(2)9-11-21-14-18(17,13-19)20-10-8-16(12-20)15-6-4-3-5-7-15/h3-7,16H,8-14,19H2,1-2H3. The summed E-state index contributed by atoms with van der Waals surface area (Å²) in [6, 6.07) is 11.0. The minimum atomic E-state index is 0.180. The third kappa shape index (κ3) is 2.64. The number of benzene rings is 1. The topological polar surface area (TPSA) is 29.3 Å². The van der Waals surface area contributed by atoms with Gasteiger partial charge in [0.05, 0.1) is 0 Å². The smallest absolute Gasteiger partial charge is 0.0473 e. The van der Waals surface area contributed by atoms with Crippen molar-refractivity contribution in [3.63, 3.8) is 0 Å². The fraction of sp³-hybridized carbons (Fsp3) is 0.667. The van der Waals surface area contributed by atoms with Crippen molar-refractivity contribution in [1.82, 2.24) is 4.90 Å². The Bertz CT molecular complexity index is 473. The summed E-state index contributed by atoms with van der Waals surface area (Å²) >= 11 is 2.09. The van der Waals surface area contributed by atoms with Crippen molar-refractivity contribution >= 4 is 11.8 Å². The highest BCUT2D eigenvalue weighted by atomic mass is 32.2. The van der Waals surface area contributed by atoms with Crippen molar-refractivity contribution in [3.05, 3.63) is 35.9 Å². The molecular formula is C18H28N2S. The Hall–Kier alpha value is -0.510. The molecule has 3 heteroatoms. The lowest BCUT2D eigenvalue weighted by atomic mass is 9.69. The third-order valence-electron chi connectivity index (χ3n) is 5.87. The van der Waals surface area contributed by atoms with Gasteiger partial charge in [-0.3, -0.25) is 4.90 Å². The second-order valence-corrected chi connectivity index (χ2v) is 8.37. The van der Waals surface area contributed by atoms with Crippen LogP contribution in [-0.4, -0.2) is 41.6 Å².